The Morgan fingerprint density at radius 3 is 2.85 bits per heavy atom. The minimum atomic E-state index is -4.20. The molecule has 0 aliphatic rings. The fraction of sp³-hybridized carbons (Fsp3) is 0.462. The van der Waals surface area contributed by atoms with Crippen molar-refractivity contribution in [2.24, 2.45) is 0 Å². The number of carbonyl (C=O) groups is 1. The Balaban J connectivity index is 2.48. The van der Waals surface area contributed by atoms with Crippen LogP contribution < -0.4 is 5.32 Å². The predicted molar refractivity (Wildman–Crippen MR) is 70.5 cm³/mol. The highest BCUT2D eigenvalue weighted by Gasteiger charge is 2.26. The number of carbonyl (C=O) groups excluding carboxylic acids is 1. The molecule has 0 aliphatic carbocycles. The summed E-state index contributed by atoms with van der Waals surface area (Å²) >= 11 is 1.18. The lowest BCUT2D eigenvalue weighted by molar-refractivity contribution is -0.135. The van der Waals surface area contributed by atoms with Gasteiger partial charge in [-0.15, -0.1) is 11.3 Å². The highest BCUT2D eigenvalue weighted by molar-refractivity contribution is 7.12. The van der Waals surface area contributed by atoms with E-state index in [1.807, 2.05) is 0 Å². The average Bonchev–Trinajstić information content (AvgIpc) is 2.82. The molecular formula is C13H14F3NO2S. The van der Waals surface area contributed by atoms with Crippen molar-refractivity contribution in [2.45, 2.75) is 25.4 Å². The van der Waals surface area contributed by atoms with Gasteiger partial charge in [-0.05, 0) is 17.9 Å². The summed E-state index contributed by atoms with van der Waals surface area (Å²) in [7, 11) is 0. The van der Waals surface area contributed by atoms with Crippen LogP contribution in [0.3, 0.4) is 0 Å². The zero-order valence-corrected chi connectivity index (χ0v) is 11.4. The van der Waals surface area contributed by atoms with Crippen LogP contribution in [-0.2, 0) is 0 Å². The third-order valence-electron chi connectivity index (χ3n) is 2.25. The maximum absolute atomic E-state index is 11.9. The molecule has 7 heteroatoms. The Kier molecular flexibility index (Phi) is 6.55. The Morgan fingerprint density at radius 1 is 1.45 bits per heavy atom. The lowest BCUT2D eigenvalue weighted by Crippen LogP contribution is -2.25. The first-order valence-corrected chi connectivity index (χ1v) is 6.84. The molecular weight excluding hydrogens is 291 g/mol. The van der Waals surface area contributed by atoms with Crippen LogP contribution in [0.1, 0.15) is 34.5 Å². The molecule has 0 aliphatic heterocycles. The summed E-state index contributed by atoms with van der Waals surface area (Å²) in [5.41, 5.74) is 0.525. The molecule has 0 atom stereocenters. The van der Waals surface area contributed by atoms with Gasteiger partial charge in [-0.1, -0.05) is 11.8 Å². The zero-order valence-electron chi connectivity index (χ0n) is 10.6. The maximum atomic E-state index is 11.9. The van der Waals surface area contributed by atoms with Crippen molar-refractivity contribution in [1.29, 1.82) is 0 Å². The van der Waals surface area contributed by atoms with E-state index in [1.165, 1.54) is 11.3 Å². The van der Waals surface area contributed by atoms with Crippen LogP contribution >= 0.6 is 11.3 Å². The van der Waals surface area contributed by atoms with Crippen molar-refractivity contribution in [1.82, 2.24) is 5.32 Å². The number of hydrogen-bond acceptors (Lipinski definition) is 3. The molecule has 1 amide bonds. The van der Waals surface area contributed by atoms with E-state index >= 15 is 0 Å². The van der Waals surface area contributed by atoms with E-state index < -0.39 is 18.5 Å². The molecule has 0 saturated carbocycles. The number of rotatable bonds is 5. The van der Waals surface area contributed by atoms with Gasteiger partial charge in [-0.2, -0.15) is 13.2 Å². The summed E-state index contributed by atoms with van der Waals surface area (Å²) in [6.45, 7) is -0.0874. The smallest absolute Gasteiger partial charge is 0.389 e. The molecule has 0 aromatic carbocycles. The van der Waals surface area contributed by atoms with E-state index in [0.29, 0.717) is 16.9 Å². The van der Waals surface area contributed by atoms with Crippen LogP contribution in [0.5, 0.6) is 0 Å². The molecule has 3 nitrogen and oxygen atoms in total. The molecule has 2 N–H and O–H groups in total. The normalized spacial score (nSPS) is 10.8. The van der Waals surface area contributed by atoms with Crippen molar-refractivity contribution in [3.8, 4) is 11.8 Å². The maximum Gasteiger partial charge on any atom is 0.389 e. The number of alkyl halides is 3. The fourth-order valence-corrected chi connectivity index (χ4v) is 2.13. The number of nitrogens with one attached hydrogen (secondary N) is 1. The predicted octanol–water partition coefficient (Wildman–Crippen LogP) is 2.55. The topological polar surface area (TPSA) is 49.3 Å². The SMILES string of the molecule is O=C(NCCCC(F)(F)F)c1sccc1C#CCCO. The standard InChI is InChI=1S/C13H14F3NO2S/c14-13(15,16)6-3-7-17-12(19)11-10(5-9-20-11)4-1-2-8-18/h5,9,18H,2-3,6-8H2,(H,17,19). The van der Waals surface area contributed by atoms with E-state index in [1.54, 1.807) is 11.4 Å². The lowest BCUT2D eigenvalue weighted by atomic mass is 10.2. The number of halogens is 3. The van der Waals surface area contributed by atoms with E-state index in [9.17, 15) is 18.0 Å². The molecule has 1 aromatic rings. The van der Waals surface area contributed by atoms with Gasteiger partial charge in [0.1, 0.15) is 4.88 Å². The van der Waals surface area contributed by atoms with Gasteiger partial charge in [0.2, 0.25) is 0 Å². The number of amides is 1. The quantitative estimate of drug-likeness (QED) is 0.649. The van der Waals surface area contributed by atoms with Crippen molar-refractivity contribution in [3.63, 3.8) is 0 Å². The third-order valence-corrected chi connectivity index (χ3v) is 3.17. The van der Waals surface area contributed by atoms with Crippen LogP contribution in [0.15, 0.2) is 11.4 Å². The van der Waals surface area contributed by atoms with Crippen molar-refractivity contribution >= 4 is 17.2 Å². The highest BCUT2D eigenvalue weighted by Crippen LogP contribution is 2.21. The van der Waals surface area contributed by atoms with Crippen molar-refractivity contribution in [2.75, 3.05) is 13.2 Å². The first-order chi connectivity index (χ1) is 9.44. The third kappa shape index (κ3) is 6.08. The van der Waals surface area contributed by atoms with Crippen LogP contribution in [-0.4, -0.2) is 30.3 Å². The molecule has 0 unspecified atom stereocenters. The molecule has 0 bridgehead atoms. The van der Waals surface area contributed by atoms with E-state index in [0.717, 1.165) is 0 Å². The molecule has 1 heterocycles. The summed E-state index contributed by atoms with van der Waals surface area (Å²) in [4.78, 5) is 12.2. The van der Waals surface area contributed by atoms with Crippen LogP contribution in [0.2, 0.25) is 0 Å². The first-order valence-electron chi connectivity index (χ1n) is 5.96. The lowest BCUT2D eigenvalue weighted by Gasteiger charge is -2.06. The Bertz CT molecular complexity index is 500. The molecule has 0 saturated heterocycles. The minimum Gasteiger partial charge on any atom is -0.395 e. The summed E-state index contributed by atoms with van der Waals surface area (Å²) < 4.78 is 35.8. The van der Waals surface area contributed by atoms with Crippen LogP contribution in [0.25, 0.3) is 0 Å². The monoisotopic (exact) mass is 305 g/mol. The second-order valence-corrected chi connectivity index (χ2v) is 4.83. The van der Waals surface area contributed by atoms with Crippen LogP contribution in [0, 0.1) is 11.8 Å². The number of thiophene rings is 1. The van der Waals surface area contributed by atoms with Gasteiger partial charge >= 0.3 is 6.18 Å². The molecule has 1 rings (SSSR count). The largest absolute Gasteiger partial charge is 0.395 e. The second-order valence-electron chi connectivity index (χ2n) is 3.91. The average molecular weight is 305 g/mol. The number of aliphatic hydroxyl groups is 1. The van der Waals surface area contributed by atoms with Gasteiger partial charge < -0.3 is 10.4 Å². The highest BCUT2D eigenvalue weighted by atomic mass is 32.1. The van der Waals surface area contributed by atoms with Gasteiger partial charge in [0, 0.05) is 24.9 Å². The first kappa shape index (κ1) is 16.5. The minimum absolute atomic E-state index is 0.0280. The molecule has 0 fully saturated rings. The number of aliphatic hydroxyl groups excluding tert-OH is 1. The summed E-state index contributed by atoms with van der Waals surface area (Å²) in [6.07, 6.45) is -4.95. The summed E-state index contributed by atoms with van der Waals surface area (Å²) in [6, 6.07) is 1.67. The Morgan fingerprint density at radius 2 is 2.20 bits per heavy atom. The molecule has 0 spiro atoms. The van der Waals surface area contributed by atoms with E-state index in [-0.39, 0.29) is 19.6 Å². The van der Waals surface area contributed by atoms with E-state index in [2.05, 4.69) is 17.2 Å². The molecule has 110 valence electrons. The van der Waals surface area contributed by atoms with Crippen LogP contribution in [0.4, 0.5) is 13.2 Å². The molecule has 1 aromatic heterocycles. The van der Waals surface area contributed by atoms with Gasteiger partial charge in [0.25, 0.3) is 5.91 Å². The molecule has 20 heavy (non-hydrogen) atoms. The second kappa shape index (κ2) is 7.92. The van der Waals surface area contributed by atoms with E-state index in [4.69, 9.17) is 5.11 Å². The van der Waals surface area contributed by atoms with Gasteiger partial charge in [-0.25, -0.2) is 0 Å². The van der Waals surface area contributed by atoms with Gasteiger partial charge in [0.15, 0.2) is 0 Å². The summed E-state index contributed by atoms with van der Waals surface area (Å²) in [5, 5.41) is 12.7. The Labute approximate surface area is 118 Å². The van der Waals surface area contributed by atoms with Gasteiger partial charge in [-0.3, -0.25) is 4.79 Å². The molecule has 0 radical (unpaired) electrons. The fourth-order valence-electron chi connectivity index (χ4n) is 1.37. The van der Waals surface area contributed by atoms with Gasteiger partial charge in [0.05, 0.1) is 6.61 Å². The van der Waals surface area contributed by atoms with Crippen molar-refractivity contribution < 1.29 is 23.1 Å². The number of hydrogen-bond donors (Lipinski definition) is 2. The summed E-state index contributed by atoms with van der Waals surface area (Å²) in [5.74, 6) is 5.03. The Hall–Kier alpha value is -1.52. The zero-order chi connectivity index (χ0) is 15.0. The van der Waals surface area contributed by atoms with Crippen molar-refractivity contribution in [3.05, 3.63) is 21.9 Å².